The van der Waals surface area contributed by atoms with E-state index in [-0.39, 0.29) is 23.9 Å². The van der Waals surface area contributed by atoms with Crippen molar-refractivity contribution in [2.75, 3.05) is 7.05 Å². The van der Waals surface area contributed by atoms with E-state index < -0.39 is 0 Å². The third-order valence-corrected chi connectivity index (χ3v) is 5.50. The second-order valence-electron chi connectivity index (χ2n) is 7.40. The summed E-state index contributed by atoms with van der Waals surface area (Å²) in [5, 5.41) is 0. The van der Waals surface area contributed by atoms with Crippen LogP contribution in [0.25, 0.3) is 11.4 Å². The molecular formula is C21H28N4O2. The molecule has 1 aliphatic rings. The van der Waals surface area contributed by atoms with Crippen LogP contribution >= 0.6 is 0 Å². The highest BCUT2D eigenvalue weighted by Gasteiger charge is 2.22. The van der Waals surface area contributed by atoms with Crippen LogP contribution in [0.15, 0.2) is 29.3 Å². The van der Waals surface area contributed by atoms with E-state index >= 15 is 0 Å². The van der Waals surface area contributed by atoms with E-state index in [9.17, 15) is 9.59 Å². The molecule has 0 unspecified atom stereocenters. The van der Waals surface area contributed by atoms with Crippen LogP contribution in [0.2, 0.25) is 0 Å². The Bertz CT molecular complexity index is 824. The van der Waals surface area contributed by atoms with Crippen LogP contribution in [0.5, 0.6) is 0 Å². The van der Waals surface area contributed by atoms with Gasteiger partial charge in [0.25, 0.3) is 5.56 Å². The van der Waals surface area contributed by atoms with Crippen molar-refractivity contribution in [2.45, 2.75) is 64.3 Å². The summed E-state index contributed by atoms with van der Waals surface area (Å²) in [7, 11) is 1.87. The van der Waals surface area contributed by atoms with Crippen molar-refractivity contribution in [1.82, 2.24) is 19.9 Å². The number of aromatic amines is 1. The maximum Gasteiger partial charge on any atom is 0.255 e. The number of nitrogens with one attached hydrogen (secondary N) is 1. The standard InChI is InChI=1S/C21H28N4O2/c1-15-18(21(27)24-20(23-15)16-9-8-12-22-14-16)13-19(26)25(2)17-10-6-4-3-5-7-11-17/h8-9,12,14,17H,3-7,10-11,13H2,1-2H3,(H,23,24,27). The van der Waals surface area contributed by atoms with Gasteiger partial charge >= 0.3 is 0 Å². The number of carbonyl (C=O) groups is 1. The second-order valence-corrected chi connectivity index (χ2v) is 7.40. The van der Waals surface area contributed by atoms with E-state index in [4.69, 9.17) is 0 Å². The van der Waals surface area contributed by atoms with E-state index in [1.54, 1.807) is 25.4 Å². The molecule has 1 amide bonds. The summed E-state index contributed by atoms with van der Waals surface area (Å²) in [6, 6.07) is 3.92. The largest absolute Gasteiger partial charge is 0.342 e. The van der Waals surface area contributed by atoms with Gasteiger partial charge in [0.2, 0.25) is 5.91 Å². The average molecular weight is 368 g/mol. The minimum absolute atomic E-state index is 0.00917. The van der Waals surface area contributed by atoms with Crippen molar-refractivity contribution in [3.05, 3.63) is 46.1 Å². The highest BCUT2D eigenvalue weighted by atomic mass is 16.2. The van der Waals surface area contributed by atoms with Gasteiger partial charge in [-0.25, -0.2) is 4.98 Å². The van der Waals surface area contributed by atoms with Crippen LogP contribution in [0.3, 0.4) is 0 Å². The smallest absolute Gasteiger partial charge is 0.255 e. The molecule has 0 aromatic carbocycles. The summed E-state index contributed by atoms with van der Waals surface area (Å²) in [5.74, 6) is 0.472. The quantitative estimate of drug-likeness (QED) is 0.898. The molecule has 6 heteroatoms. The van der Waals surface area contributed by atoms with Crippen LogP contribution in [-0.4, -0.2) is 38.8 Å². The summed E-state index contributed by atoms with van der Waals surface area (Å²) >= 11 is 0. The lowest BCUT2D eigenvalue weighted by atomic mass is 9.95. The Kier molecular flexibility index (Phi) is 6.37. The molecule has 0 spiro atoms. The van der Waals surface area contributed by atoms with Gasteiger partial charge in [-0.05, 0) is 31.9 Å². The van der Waals surface area contributed by atoms with Crippen LogP contribution in [0.1, 0.15) is 56.2 Å². The SMILES string of the molecule is Cc1nc(-c2cccnc2)[nH]c(=O)c1CC(=O)N(C)C1CCCCCCC1. The molecule has 1 saturated carbocycles. The number of pyridine rings is 1. The number of likely N-dealkylation sites (N-methyl/N-ethyl adjacent to an activating group) is 1. The van der Waals surface area contributed by atoms with Crippen LogP contribution in [0, 0.1) is 6.92 Å². The zero-order valence-corrected chi connectivity index (χ0v) is 16.2. The van der Waals surface area contributed by atoms with E-state index in [2.05, 4.69) is 15.0 Å². The number of carbonyl (C=O) groups excluding carboxylic acids is 1. The number of amides is 1. The lowest BCUT2D eigenvalue weighted by Gasteiger charge is -2.30. The number of H-pyrrole nitrogens is 1. The fourth-order valence-corrected chi connectivity index (χ4v) is 3.76. The molecule has 0 radical (unpaired) electrons. The lowest BCUT2D eigenvalue weighted by Crippen LogP contribution is -2.39. The fourth-order valence-electron chi connectivity index (χ4n) is 3.76. The number of aromatic nitrogens is 3. The molecule has 0 atom stereocenters. The van der Waals surface area contributed by atoms with Gasteiger partial charge in [-0.3, -0.25) is 14.6 Å². The number of hydrogen-bond acceptors (Lipinski definition) is 4. The van der Waals surface area contributed by atoms with Gasteiger partial charge in [0, 0.05) is 42.3 Å². The molecule has 27 heavy (non-hydrogen) atoms. The van der Waals surface area contributed by atoms with Crippen LogP contribution < -0.4 is 5.56 Å². The molecule has 1 aliphatic carbocycles. The van der Waals surface area contributed by atoms with Crippen LogP contribution in [0.4, 0.5) is 0 Å². The first-order valence-corrected chi connectivity index (χ1v) is 9.82. The summed E-state index contributed by atoms with van der Waals surface area (Å²) in [6.07, 6.45) is 11.7. The predicted molar refractivity (Wildman–Crippen MR) is 105 cm³/mol. The first-order chi connectivity index (χ1) is 13.1. The molecule has 2 aromatic heterocycles. The van der Waals surface area contributed by atoms with Crippen molar-refractivity contribution in [2.24, 2.45) is 0 Å². The van der Waals surface area contributed by atoms with Gasteiger partial charge in [0.15, 0.2) is 0 Å². The normalized spacial score (nSPS) is 15.8. The number of aryl methyl sites for hydroxylation is 1. The Morgan fingerprint density at radius 2 is 1.93 bits per heavy atom. The average Bonchev–Trinajstić information content (AvgIpc) is 2.64. The van der Waals surface area contributed by atoms with Crippen molar-refractivity contribution in [3.63, 3.8) is 0 Å². The van der Waals surface area contributed by atoms with Crippen molar-refractivity contribution >= 4 is 5.91 Å². The van der Waals surface area contributed by atoms with Gasteiger partial charge in [0.05, 0.1) is 6.42 Å². The first kappa shape index (κ1) is 19.3. The third kappa shape index (κ3) is 4.81. The lowest BCUT2D eigenvalue weighted by molar-refractivity contribution is -0.131. The molecular weight excluding hydrogens is 340 g/mol. The molecule has 1 N–H and O–H groups in total. The van der Waals surface area contributed by atoms with E-state index in [1.807, 2.05) is 18.0 Å². The molecule has 144 valence electrons. The second kappa shape index (κ2) is 8.93. The van der Waals surface area contributed by atoms with E-state index in [0.29, 0.717) is 17.1 Å². The van der Waals surface area contributed by atoms with Crippen LogP contribution in [-0.2, 0) is 11.2 Å². The van der Waals surface area contributed by atoms with Gasteiger partial charge < -0.3 is 9.88 Å². The molecule has 2 aromatic rings. The molecule has 6 nitrogen and oxygen atoms in total. The minimum Gasteiger partial charge on any atom is -0.342 e. The maximum absolute atomic E-state index is 12.8. The summed E-state index contributed by atoms with van der Waals surface area (Å²) in [4.78, 5) is 38.6. The van der Waals surface area contributed by atoms with Gasteiger partial charge in [-0.15, -0.1) is 0 Å². The number of nitrogens with zero attached hydrogens (tertiary/aromatic N) is 3. The molecule has 0 saturated heterocycles. The number of rotatable bonds is 4. The zero-order valence-electron chi connectivity index (χ0n) is 16.2. The third-order valence-electron chi connectivity index (χ3n) is 5.50. The Hall–Kier alpha value is -2.50. The molecule has 0 aliphatic heterocycles. The molecule has 2 heterocycles. The topological polar surface area (TPSA) is 79.0 Å². The molecule has 1 fully saturated rings. The van der Waals surface area contributed by atoms with Gasteiger partial charge in [-0.2, -0.15) is 0 Å². The van der Waals surface area contributed by atoms with Crippen molar-refractivity contribution < 1.29 is 4.79 Å². The van der Waals surface area contributed by atoms with Crippen molar-refractivity contribution in [1.29, 1.82) is 0 Å². The molecule has 0 bridgehead atoms. The summed E-state index contributed by atoms with van der Waals surface area (Å²) < 4.78 is 0. The first-order valence-electron chi connectivity index (χ1n) is 9.82. The Labute approximate surface area is 160 Å². The highest BCUT2D eigenvalue weighted by Crippen LogP contribution is 2.21. The maximum atomic E-state index is 12.8. The molecule has 3 rings (SSSR count). The zero-order chi connectivity index (χ0) is 19.2. The monoisotopic (exact) mass is 368 g/mol. The highest BCUT2D eigenvalue weighted by molar-refractivity contribution is 5.79. The van der Waals surface area contributed by atoms with Gasteiger partial charge in [0.1, 0.15) is 5.82 Å². The van der Waals surface area contributed by atoms with Crippen molar-refractivity contribution in [3.8, 4) is 11.4 Å². The fraction of sp³-hybridized carbons (Fsp3) is 0.524. The van der Waals surface area contributed by atoms with Gasteiger partial charge in [-0.1, -0.05) is 32.1 Å². The summed E-state index contributed by atoms with van der Waals surface area (Å²) in [5.41, 5.74) is 1.55. The minimum atomic E-state index is -0.249. The Morgan fingerprint density at radius 3 is 2.56 bits per heavy atom. The van der Waals surface area contributed by atoms with E-state index in [1.165, 1.54) is 32.1 Å². The summed E-state index contributed by atoms with van der Waals surface area (Å²) in [6.45, 7) is 1.79. The number of hydrogen-bond donors (Lipinski definition) is 1. The Morgan fingerprint density at radius 1 is 1.22 bits per heavy atom. The van der Waals surface area contributed by atoms with E-state index in [0.717, 1.165) is 18.4 Å². The predicted octanol–water partition coefficient (Wildman–Crippen LogP) is 3.25. The Balaban J connectivity index is 1.74.